The Balaban J connectivity index is 1.82. The van der Waals surface area contributed by atoms with Crippen LogP contribution in [0.15, 0.2) is 42.5 Å². The van der Waals surface area contributed by atoms with Crippen molar-refractivity contribution in [1.29, 1.82) is 0 Å². The smallest absolute Gasteiger partial charge is 0.310 e. The average Bonchev–Trinajstić information content (AvgIpc) is 2.88. The van der Waals surface area contributed by atoms with E-state index in [0.29, 0.717) is 6.42 Å². The first kappa shape index (κ1) is 14.3. The lowest BCUT2D eigenvalue weighted by molar-refractivity contribution is -0.140. The van der Waals surface area contributed by atoms with Crippen LogP contribution in [0.4, 0.5) is 0 Å². The Kier molecular flexibility index (Phi) is 4.53. The van der Waals surface area contributed by atoms with Crippen molar-refractivity contribution in [3.05, 3.63) is 48.0 Å². The van der Waals surface area contributed by atoms with E-state index in [-0.39, 0.29) is 24.4 Å². The van der Waals surface area contributed by atoms with Gasteiger partial charge in [-0.25, -0.2) is 0 Å². The minimum atomic E-state index is -0.862. The van der Waals surface area contributed by atoms with Crippen LogP contribution < -0.4 is 11.1 Å². The quantitative estimate of drug-likeness (QED) is 0.704. The minimum absolute atomic E-state index is 0.165. The summed E-state index contributed by atoms with van der Waals surface area (Å²) in [6.45, 7) is 0. The number of nitrogens with two attached hydrogens (primary N) is 1. The summed E-state index contributed by atoms with van der Waals surface area (Å²) in [5.74, 6) is -1.54. The fourth-order valence-corrected chi connectivity index (χ4v) is 2.27. The first-order valence-corrected chi connectivity index (χ1v) is 6.57. The van der Waals surface area contributed by atoms with Crippen molar-refractivity contribution >= 4 is 11.9 Å². The van der Waals surface area contributed by atoms with E-state index in [2.05, 4.69) is 5.32 Å². The van der Waals surface area contributed by atoms with Gasteiger partial charge in [-0.2, -0.15) is 0 Å². The molecule has 2 rings (SSSR count). The van der Waals surface area contributed by atoms with Crippen LogP contribution in [0.5, 0.6) is 0 Å². The highest BCUT2D eigenvalue weighted by molar-refractivity contribution is 5.78. The molecule has 5 heteroatoms. The number of carboxylic acids is 1. The maximum atomic E-state index is 11.9. The van der Waals surface area contributed by atoms with E-state index in [1.165, 1.54) is 0 Å². The van der Waals surface area contributed by atoms with Crippen LogP contribution in [-0.2, 0) is 9.59 Å². The Morgan fingerprint density at radius 2 is 2.00 bits per heavy atom. The number of carboxylic acid groups (broad SMARTS) is 1. The summed E-state index contributed by atoms with van der Waals surface area (Å²) < 4.78 is 0. The molecular weight excluding hydrogens is 256 g/mol. The molecule has 3 unspecified atom stereocenters. The highest BCUT2D eigenvalue weighted by Crippen LogP contribution is 2.19. The van der Waals surface area contributed by atoms with Crippen molar-refractivity contribution in [1.82, 2.24) is 5.32 Å². The lowest BCUT2D eigenvalue weighted by Gasteiger charge is -2.15. The average molecular weight is 274 g/mol. The third kappa shape index (κ3) is 3.68. The van der Waals surface area contributed by atoms with E-state index in [4.69, 9.17) is 10.8 Å². The third-order valence-electron chi connectivity index (χ3n) is 3.38. The van der Waals surface area contributed by atoms with Crippen LogP contribution in [0.2, 0.25) is 0 Å². The molecule has 5 nitrogen and oxygen atoms in total. The molecule has 1 aromatic rings. The number of nitrogens with one attached hydrogen (secondary N) is 1. The van der Waals surface area contributed by atoms with E-state index in [1.54, 1.807) is 12.2 Å². The number of benzene rings is 1. The fourth-order valence-electron chi connectivity index (χ4n) is 2.27. The predicted molar refractivity (Wildman–Crippen MR) is 74.8 cm³/mol. The van der Waals surface area contributed by atoms with Crippen LogP contribution in [0.25, 0.3) is 0 Å². The number of aliphatic carboxylic acids is 1. The molecule has 0 heterocycles. The van der Waals surface area contributed by atoms with Gasteiger partial charge in [0.15, 0.2) is 0 Å². The zero-order valence-corrected chi connectivity index (χ0v) is 11.0. The number of carbonyl (C=O) groups excluding carboxylic acids is 1. The maximum Gasteiger partial charge on any atom is 0.310 e. The van der Waals surface area contributed by atoms with E-state index in [9.17, 15) is 9.59 Å². The molecule has 0 aromatic heterocycles. The van der Waals surface area contributed by atoms with E-state index < -0.39 is 11.9 Å². The molecule has 1 aliphatic rings. The molecule has 0 aliphatic heterocycles. The molecule has 3 atom stereocenters. The monoisotopic (exact) mass is 274 g/mol. The van der Waals surface area contributed by atoms with Gasteiger partial charge in [0, 0.05) is 18.5 Å². The Morgan fingerprint density at radius 3 is 2.60 bits per heavy atom. The zero-order chi connectivity index (χ0) is 14.5. The van der Waals surface area contributed by atoms with Crippen LogP contribution in [-0.4, -0.2) is 23.0 Å². The van der Waals surface area contributed by atoms with E-state index in [0.717, 1.165) is 5.56 Å². The molecule has 4 N–H and O–H groups in total. The van der Waals surface area contributed by atoms with Crippen molar-refractivity contribution < 1.29 is 14.7 Å². The van der Waals surface area contributed by atoms with Crippen LogP contribution in [0.3, 0.4) is 0 Å². The molecule has 0 spiro atoms. The Morgan fingerprint density at radius 1 is 1.30 bits per heavy atom. The van der Waals surface area contributed by atoms with Crippen LogP contribution in [0, 0.1) is 5.92 Å². The summed E-state index contributed by atoms with van der Waals surface area (Å²) >= 11 is 0. The minimum Gasteiger partial charge on any atom is -0.481 e. The van der Waals surface area contributed by atoms with Crippen molar-refractivity contribution in [3.63, 3.8) is 0 Å². The topological polar surface area (TPSA) is 92.4 Å². The van der Waals surface area contributed by atoms with Gasteiger partial charge >= 0.3 is 5.97 Å². The van der Waals surface area contributed by atoms with Crippen molar-refractivity contribution in [2.45, 2.75) is 24.9 Å². The molecule has 0 bridgehead atoms. The third-order valence-corrected chi connectivity index (χ3v) is 3.38. The first-order chi connectivity index (χ1) is 9.56. The van der Waals surface area contributed by atoms with Crippen molar-refractivity contribution in [2.75, 3.05) is 0 Å². The SMILES string of the molecule is NC(CC(=O)NC1C=CC(C(=O)O)C1)c1ccccc1. The Hall–Kier alpha value is -2.14. The zero-order valence-electron chi connectivity index (χ0n) is 11.0. The summed E-state index contributed by atoms with van der Waals surface area (Å²) in [5.41, 5.74) is 6.88. The Labute approximate surface area is 117 Å². The van der Waals surface area contributed by atoms with Gasteiger partial charge in [0.25, 0.3) is 0 Å². The van der Waals surface area contributed by atoms with Gasteiger partial charge in [0.05, 0.1) is 5.92 Å². The van der Waals surface area contributed by atoms with Gasteiger partial charge in [-0.15, -0.1) is 0 Å². The number of hydrogen-bond donors (Lipinski definition) is 3. The second kappa shape index (κ2) is 6.34. The van der Waals surface area contributed by atoms with Gasteiger partial charge in [-0.1, -0.05) is 42.5 Å². The number of carbonyl (C=O) groups is 2. The Bertz CT molecular complexity index is 513. The summed E-state index contributed by atoms with van der Waals surface area (Å²) in [6, 6.07) is 8.85. The van der Waals surface area contributed by atoms with Gasteiger partial charge in [-0.05, 0) is 12.0 Å². The molecule has 0 radical (unpaired) electrons. The summed E-state index contributed by atoms with van der Waals surface area (Å²) in [7, 11) is 0. The van der Waals surface area contributed by atoms with Crippen LogP contribution >= 0.6 is 0 Å². The predicted octanol–water partition coefficient (Wildman–Crippen LogP) is 1.22. The van der Waals surface area contributed by atoms with E-state index in [1.807, 2.05) is 30.3 Å². The lowest BCUT2D eigenvalue weighted by Crippen LogP contribution is -2.35. The molecule has 1 amide bonds. The molecule has 106 valence electrons. The van der Waals surface area contributed by atoms with Gasteiger partial charge in [0.2, 0.25) is 5.91 Å². The lowest BCUT2D eigenvalue weighted by atomic mass is 10.0. The standard InChI is InChI=1S/C15H18N2O3/c16-13(10-4-2-1-3-5-10)9-14(18)17-12-7-6-11(8-12)15(19)20/h1-7,11-13H,8-9,16H2,(H,17,18)(H,19,20). The maximum absolute atomic E-state index is 11.9. The van der Waals surface area contributed by atoms with Crippen molar-refractivity contribution in [3.8, 4) is 0 Å². The summed E-state index contributed by atoms with van der Waals surface area (Å²) in [6.07, 6.45) is 3.93. The second-order valence-corrected chi connectivity index (χ2v) is 4.96. The van der Waals surface area contributed by atoms with Gasteiger partial charge < -0.3 is 16.2 Å². The normalized spacial score (nSPS) is 22.4. The molecule has 0 saturated carbocycles. The first-order valence-electron chi connectivity index (χ1n) is 6.57. The number of hydrogen-bond acceptors (Lipinski definition) is 3. The highest BCUT2D eigenvalue weighted by Gasteiger charge is 2.25. The fraction of sp³-hybridized carbons (Fsp3) is 0.333. The summed E-state index contributed by atoms with van der Waals surface area (Å²) in [5, 5.41) is 11.7. The molecule has 1 aliphatic carbocycles. The second-order valence-electron chi connectivity index (χ2n) is 4.96. The summed E-state index contributed by atoms with van der Waals surface area (Å²) in [4.78, 5) is 22.7. The molecule has 1 aromatic carbocycles. The molecule has 20 heavy (non-hydrogen) atoms. The van der Waals surface area contributed by atoms with Crippen molar-refractivity contribution in [2.24, 2.45) is 11.7 Å². The number of amides is 1. The van der Waals surface area contributed by atoms with Gasteiger partial charge in [-0.3, -0.25) is 9.59 Å². The molecular formula is C15H18N2O3. The molecule has 0 fully saturated rings. The van der Waals surface area contributed by atoms with E-state index >= 15 is 0 Å². The van der Waals surface area contributed by atoms with Crippen LogP contribution in [0.1, 0.15) is 24.4 Å². The molecule has 0 saturated heterocycles. The van der Waals surface area contributed by atoms with Gasteiger partial charge in [0.1, 0.15) is 0 Å². The number of rotatable bonds is 5. The highest BCUT2D eigenvalue weighted by atomic mass is 16.4. The largest absolute Gasteiger partial charge is 0.481 e.